The predicted octanol–water partition coefficient (Wildman–Crippen LogP) is 9.22. The van der Waals surface area contributed by atoms with Crippen molar-refractivity contribution in [3.63, 3.8) is 0 Å². The molecule has 0 unspecified atom stereocenters. The summed E-state index contributed by atoms with van der Waals surface area (Å²) in [6, 6.07) is 18.7. The van der Waals surface area contributed by atoms with E-state index in [9.17, 15) is 0 Å². The van der Waals surface area contributed by atoms with Crippen molar-refractivity contribution in [2.75, 3.05) is 0 Å². The van der Waals surface area contributed by atoms with Crippen molar-refractivity contribution in [3.05, 3.63) is 77.0 Å². The molecular formula is C35H36NO+. The molecule has 186 valence electrons. The zero-order valence-corrected chi connectivity index (χ0v) is 22.6. The largest absolute Gasteiger partial charge is 0.455 e. The van der Waals surface area contributed by atoms with E-state index < -0.39 is 0 Å². The highest BCUT2D eigenvalue weighted by Gasteiger charge is 2.33. The van der Waals surface area contributed by atoms with Gasteiger partial charge in [-0.3, -0.25) is 0 Å². The van der Waals surface area contributed by atoms with E-state index in [4.69, 9.17) is 4.74 Å². The van der Waals surface area contributed by atoms with Gasteiger partial charge in [-0.15, -0.1) is 0 Å². The zero-order valence-electron chi connectivity index (χ0n) is 22.6. The molecule has 1 fully saturated rings. The first kappa shape index (κ1) is 22.8. The van der Waals surface area contributed by atoms with Crippen LogP contribution in [0.25, 0.3) is 43.6 Å². The normalized spacial score (nSPS) is 15.0. The van der Waals surface area contributed by atoms with Gasteiger partial charge in [-0.1, -0.05) is 69.5 Å². The number of hydrogen-bond donors (Lipinski definition) is 0. The number of benzene rings is 4. The maximum atomic E-state index is 7.05. The Labute approximate surface area is 219 Å². The monoisotopic (exact) mass is 486 g/mol. The molecule has 1 aliphatic heterocycles. The fraction of sp³-hybridized carbons (Fsp3) is 0.343. The van der Waals surface area contributed by atoms with Crippen molar-refractivity contribution in [1.29, 1.82) is 0 Å². The summed E-state index contributed by atoms with van der Waals surface area (Å²) in [6.45, 7) is 6.81. The Morgan fingerprint density at radius 1 is 0.892 bits per heavy atom. The third-order valence-corrected chi connectivity index (χ3v) is 9.12. The molecule has 4 aromatic carbocycles. The molecule has 2 aliphatic rings. The molecule has 0 amide bonds. The summed E-state index contributed by atoms with van der Waals surface area (Å²) in [7, 11) is 2.19. The van der Waals surface area contributed by atoms with E-state index in [-0.39, 0.29) is 0 Å². The van der Waals surface area contributed by atoms with Crippen molar-refractivity contribution in [3.8, 4) is 22.8 Å². The molecular weight excluding hydrogens is 450 g/mol. The first-order chi connectivity index (χ1) is 18.1. The Morgan fingerprint density at radius 2 is 1.73 bits per heavy atom. The van der Waals surface area contributed by atoms with Crippen LogP contribution in [0.3, 0.4) is 0 Å². The van der Waals surface area contributed by atoms with E-state index in [1.54, 1.807) is 0 Å². The van der Waals surface area contributed by atoms with Crippen molar-refractivity contribution >= 4 is 32.3 Å². The first-order valence-corrected chi connectivity index (χ1v) is 14.2. The predicted molar refractivity (Wildman–Crippen MR) is 155 cm³/mol. The molecule has 0 saturated heterocycles. The lowest BCUT2D eigenvalue weighted by molar-refractivity contribution is -0.659. The van der Waals surface area contributed by atoms with Gasteiger partial charge in [0.15, 0.2) is 6.20 Å². The molecule has 37 heavy (non-hydrogen) atoms. The Morgan fingerprint density at radius 3 is 2.51 bits per heavy atom. The van der Waals surface area contributed by atoms with Crippen molar-refractivity contribution < 1.29 is 9.30 Å². The van der Waals surface area contributed by atoms with Crippen molar-refractivity contribution in [2.24, 2.45) is 7.05 Å². The van der Waals surface area contributed by atoms with E-state index in [0.717, 1.165) is 30.8 Å². The van der Waals surface area contributed by atoms with E-state index in [1.165, 1.54) is 91.5 Å². The maximum Gasteiger partial charge on any atom is 0.228 e. The van der Waals surface area contributed by atoms with Gasteiger partial charge >= 0.3 is 0 Å². The number of fused-ring (bicyclic) bond motifs is 5. The van der Waals surface area contributed by atoms with Crippen LogP contribution in [0.2, 0.25) is 0 Å². The molecule has 0 spiro atoms. The Bertz CT molecular complexity index is 1720. The molecule has 1 aromatic heterocycles. The highest BCUT2D eigenvalue weighted by molar-refractivity contribution is 6.17. The fourth-order valence-corrected chi connectivity index (χ4v) is 7.25. The second kappa shape index (κ2) is 8.58. The average Bonchev–Trinajstić information content (AvgIpc) is 3.46. The average molecular weight is 487 g/mol. The smallest absolute Gasteiger partial charge is 0.228 e. The van der Waals surface area contributed by atoms with Gasteiger partial charge in [0.25, 0.3) is 0 Å². The van der Waals surface area contributed by atoms with Crippen LogP contribution in [-0.2, 0) is 19.9 Å². The Balaban J connectivity index is 1.61. The lowest BCUT2D eigenvalue weighted by Crippen LogP contribution is -2.32. The van der Waals surface area contributed by atoms with E-state index in [2.05, 4.69) is 87.1 Å². The standard InChI is InChI=1S/C35H36NO/c1-5-10-28-26-16-15-22(6-2)19-29(26)21(3)32-34-33-27(17-18-36(34)4)25-14-9-13-24(23-11-7-8-12-23)30(25)20-31(33)37-35(28)32/h9,13-20,23H,5-8,10-12H2,1-4H3/q+1. The fourth-order valence-electron chi connectivity index (χ4n) is 7.25. The summed E-state index contributed by atoms with van der Waals surface area (Å²) in [5.41, 5.74) is 8.15. The van der Waals surface area contributed by atoms with Crippen LogP contribution in [0.5, 0.6) is 11.5 Å². The number of nitrogens with zero attached hydrogens (tertiary/aromatic N) is 1. The quantitative estimate of drug-likeness (QED) is 0.179. The van der Waals surface area contributed by atoms with E-state index in [1.807, 2.05) is 0 Å². The number of aryl methyl sites for hydroxylation is 4. The second-order valence-corrected chi connectivity index (χ2v) is 11.3. The number of rotatable bonds is 4. The summed E-state index contributed by atoms with van der Waals surface area (Å²) in [4.78, 5) is 0. The van der Waals surface area contributed by atoms with Crippen LogP contribution in [0.1, 0.15) is 74.1 Å². The number of hydrogen-bond acceptors (Lipinski definition) is 1. The van der Waals surface area contributed by atoms with Crippen LogP contribution in [-0.4, -0.2) is 0 Å². The number of pyridine rings is 1. The zero-order chi connectivity index (χ0) is 25.3. The van der Waals surface area contributed by atoms with Crippen LogP contribution < -0.4 is 9.30 Å². The van der Waals surface area contributed by atoms with Gasteiger partial charge in [0, 0.05) is 17.0 Å². The van der Waals surface area contributed by atoms with E-state index in [0.29, 0.717) is 5.92 Å². The molecule has 1 aliphatic carbocycles. The molecule has 2 heterocycles. The van der Waals surface area contributed by atoms with Crippen LogP contribution in [0, 0.1) is 6.92 Å². The highest BCUT2D eigenvalue weighted by atomic mass is 16.5. The highest BCUT2D eigenvalue weighted by Crippen LogP contribution is 2.53. The van der Waals surface area contributed by atoms with Gasteiger partial charge < -0.3 is 4.74 Å². The minimum absolute atomic E-state index is 0.665. The second-order valence-electron chi connectivity index (χ2n) is 11.3. The SMILES string of the molecule is CCCc1c2c(c(C)c3cc(CC)ccc13)-c1c3c(cc4c(C5CCCC5)cccc4c3cc[n+]1C)O2. The van der Waals surface area contributed by atoms with Crippen LogP contribution >= 0.6 is 0 Å². The maximum absolute atomic E-state index is 7.05. The Kier molecular flexibility index (Phi) is 5.29. The summed E-state index contributed by atoms with van der Waals surface area (Å²) >= 11 is 0. The van der Waals surface area contributed by atoms with Gasteiger partial charge in [0.1, 0.15) is 18.5 Å². The van der Waals surface area contributed by atoms with Gasteiger partial charge in [-0.2, -0.15) is 0 Å². The number of ether oxygens (including phenoxy) is 1. The molecule has 0 atom stereocenters. The third-order valence-electron chi connectivity index (χ3n) is 9.12. The molecule has 5 aromatic rings. The van der Waals surface area contributed by atoms with Gasteiger partial charge in [-0.25, -0.2) is 4.57 Å². The molecule has 0 N–H and O–H groups in total. The molecule has 2 heteroatoms. The number of aromatic nitrogens is 1. The van der Waals surface area contributed by atoms with Crippen LogP contribution in [0.15, 0.2) is 54.7 Å². The summed E-state index contributed by atoms with van der Waals surface area (Å²) < 4.78 is 9.36. The molecule has 1 saturated carbocycles. The minimum Gasteiger partial charge on any atom is -0.455 e. The van der Waals surface area contributed by atoms with E-state index >= 15 is 0 Å². The summed E-state index contributed by atoms with van der Waals surface area (Å²) in [5, 5.41) is 8.02. The summed E-state index contributed by atoms with van der Waals surface area (Å²) in [5.74, 6) is 2.76. The van der Waals surface area contributed by atoms with Gasteiger partial charge in [-0.05, 0) is 82.8 Å². The van der Waals surface area contributed by atoms with Crippen LogP contribution in [0.4, 0.5) is 0 Å². The molecule has 7 rings (SSSR count). The Hall–Kier alpha value is -3.39. The topological polar surface area (TPSA) is 13.1 Å². The minimum atomic E-state index is 0.665. The molecule has 0 radical (unpaired) electrons. The van der Waals surface area contributed by atoms with Crippen molar-refractivity contribution in [1.82, 2.24) is 0 Å². The molecule has 2 nitrogen and oxygen atoms in total. The first-order valence-electron chi connectivity index (χ1n) is 14.2. The lowest BCUT2D eigenvalue weighted by atomic mass is 9.85. The molecule has 0 bridgehead atoms. The summed E-state index contributed by atoms with van der Waals surface area (Å²) in [6.07, 6.45) is 10.7. The van der Waals surface area contributed by atoms with Crippen molar-refractivity contribution in [2.45, 2.75) is 71.6 Å². The third kappa shape index (κ3) is 3.27. The van der Waals surface area contributed by atoms with Gasteiger partial charge in [0.2, 0.25) is 5.69 Å². The lowest BCUT2D eigenvalue weighted by Gasteiger charge is -2.26. The van der Waals surface area contributed by atoms with Gasteiger partial charge in [0.05, 0.1) is 10.9 Å².